The van der Waals surface area contributed by atoms with Crippen molar-refractivity contribution in [1.82, 2.24) is 15.3 Å². The van der Waals surface area contributed by atoms with Gasteiger partial charge in [0.15, 0.2) is 5.03 Å². The summed E-state index contributed by atoms with van der Waals surface area (Å²) in [5.74, 6) is -0.947. The average molecular weight is 365 g/mol. The van der Waals surface area contributed by atoms with Crippen LogP contribution in [0.4, 0.5) is 13.2 Å². The van der Waals surface area contributed by atoms with Crippen molar-refractivity contribution in [1.29, 1.82) is 0 Å². The minimum Gasteiger partial charge on any atom is -0.352 e. The molecule has 0 fully saturated rings. The van der Waals surface area contributed by atoms with Crippen LogP contribution in [-0.2, 0) is 16.3 Å². The molecule has 1 amide bonds. The zero-order chi connectivity index (χ0) is 17.1. The van der Waals surface area contributed by atoms with Crippen LogP contribution in [0, 0.1) is 0 Å². The van der Waals surface area contributed by atoms with Crippen molar-refractivity contribution >= 4 is 27.1 Å². The Kier molecular flexibility index (Phi) is 5.00. The molecule has 124 valence electrons. The molecule has 0 unspecified atom stereocenters. The van der Waals surface area contributed by atoms with E-state index in [1.807, 2.05) is 0 Å². The van der Waals surface area contributed by atoms with E-state index in [-0.39, 0.29) is 6.54 Å². The Balaban J connectivity index is 2.18. The molecule has 6 nitrogen and oxygen atoms in total. The molecule has 0 saturated heterocycles. The van der Waals surface area contributed by atoms with Crippen molar-refractivity contribution in [3.63, 3.8) is 0 Å². The fourth-order valence-electron chi connectivity index (χ4n) is 1.64. The van der Waals surface area contributed by atoms with Crippen LogP contribution in [0.1, 0.15) is 15.4 Å². The first-order valence-corrected chi connectivity index (χ1v) is 8.52. The van der Waals surface area contributed by atoms with Crippen molar-refractivity contribution in [2.75, 3.05) is 6.54 Å². The lowest BCUT2D eigenvalue weighted by Crippen LogP contribution is -2.31. The van der Waals surface area contributed by atoms with E-state index in [1.54, 1.807) is 11.6 Å². The Hall–Kier alpha value is -2.01. The van der Waals surface area contributed by atoms with Gasteiger partial charge in [0, 0.05) is 30.7 Å². The molecule has 0 aliphatic heterocycles. The number of hydrogen-bond acceptors (Lipinski definition) is 6. The zero-order valence-electron chi connectivity index (χ0n) is 11.4. The summed E-state index contributed by atoms with van der Waals surface area (Å²) < 4.78 is 60.8. The topological polar surface area (TPSA) is 89.0 Å². The second-order valence-electron chi connectivity index (χ2n) is 4.24. The maximum Gasteiger partial charge on any atom is 0.503 e. The van der Waals surface area contributed by atoms with Crippen LogP contribution in [0.15, 0.2) is 34.9 Å². The van der Waals surface area contributed by atoms with E-state index >= 15 is 0 Å². The number of rotatable bonds is 5. The highest BCUT2D eigenvalue weighted by Crippen LogP contribution is 2.30. The second kappa shape index (κ2) is 6.62. The maximum absolute atomic E-state index is 12.6. The lowest BCUT2D eigenvalue weighted by atomic mass is 10.2. The van der Waals surface area contributed by atoms with Crippen molar-refractivity contribution in [2.24, 2.45) is 0 Å². The quantitative estimate of drug-likeness (QED) is 0.873. The molecule has 0 aliphatic carbocycles. The van der Waals surface area contributed by atoms with E-state index < -0.39 is 31.8 Å². The number of carbonyl (C=O) groups excluding carboxylic acids is 1. The summed E-state index contributed by atoms with van der Waals surface area (Å²) in [7, 11) is -5.70. The predicted molar refractivity (Wildman–Crippen MR) is 75.6 cm³/mol. The number of aromatic nitrogens is 2. The normalized spacial score (nSPS) is 12.1. The van der Waals surface area contributed by atoms with E-state index in [1.165, 1.54) is 17.4 Å². The van der Waals surface area contributed by atoms with E-state index in [0.717, 1.165) is 17.3 Å². The van der Waals surface area contributed by atoms with E-state index in [4.69, 9.17) is 0 Å². The van der Waals surface area contributed by atoms with Gasteiger partial charge in [-0.1, -0.05) is 0 Å². The summed E-state index contributed by atoms with van der Waals surface area (Å²) in [6.45, 7) is 0.104. The third-order valence-electron chi connectivity index (χ3n) is 2.68. The fourth-order valence-corrected chi connectivity index (χ4v) is 3.13. The predicted octanol–water partition coefficient (Wildman–Crippen LogP) is 1.80. The number of carbonyl (C=O) groups is 1. The van der Waals surface area contributed by atoms with Crippen molar-refractivity contribution in [2.45, 2.75) is 17.0 Å². The van der Waals surface area contributed by atoms with Crippen LogP contribution in [0.5, 0.6) is 0 Å². The van der Waals surface area contributed by atoms with Crippen LogP contribution in [-0.4, -0.2) is 36.3 Å². The van der Waals surface area contributed by atoms with Gasteiger partial charge >= 0.3 is 5.51 Å². The van der Waals surface area contributed by atoms with Crippen LogP contribution in [0.3, 0.4) is 0 Å². The molecule has 2 aromatic heterocycles. The van der Waals surface area contributed by atoms with Gasteiger partial charge in [0.1, 0.15) is 0 Å². The van der Waals surface area contributed by atoms with Gasteiger partial charge in [0.2, 0.25) is 0 Å². The van der Waals surface area contributed by atoms with E-state index in [2.05, 4.69) is 15.3 Å². The lowest BCUT2D eigenvalue weighted by molar-refractivity contribution is -0.0438. The smallest absolute Gasteiger partial charge is 0.352 e. The summed E-state index contributed by atoms with van der Waals surface area (Å²) >= 11 is 1.36. The summed E-state index contributed by atoms with van der Waals surface area (Å²) in [5, 5.41) is 3.53. The first-order chi connectivity index (χ1) is 10.7. The number of sulfone groups is 1. The molecule has 0 aliphatic rings. The molecule has 2 aromatic rings. The van der Waals surface area contributed by atoms with Gasteiger partial charge in [-0.15, -0.1) is 11.3 Å². The van der Waals surface area contributed by atoms with E-state index in [9.17, 15) is 26.4 Å². The van der Waals surface area contributed by atoms with Crippen molar-refractivity contribution in [3.05, 3.63) is 40.5 Å². The number of halogens is 3. The fraction of sp³-hybridized carbons (Fsp3) is 0.250. The first-order valence-electron chi connectivity index (χ1n) is 6.16. The lowest BCUT2D eigenvalue weighted by Gasteiger charge is -2.11. The minimum absolute atomic E-state index is 0.104. The number of nitrogens with zero attached hydrogens (tertiary/aromatic N) is 2. The molecule has 23 heavy (non-hydrogen) atoms. The van der Waals surface area contributed by atoms with E-state index in [0.29, 0.717) is 6.42 Å². The molecule has 2 heterocycles. The Morgan fingerprint density at radius 3 is 2.61 bits per heavy atom. The number of amides is 1. The van der Waals surface area contributed by atoms with Gasteiger partial charge < -0.3 is 5.32 Å². The molecule has 0 saturated carbocycles. The number of alkyl halides is 3. The van der Waals surface area contributed by atoms with Gasteiger partial charge in [-0.25, -0.2) is 18.4 Å². The first kappa shape index (κ1) is 17.3. The molecular formula is C12H10F3N3O3S2. The average Bonchev–Trinajstić information content (AvgIpc) is 2.99. The van der Waals surface area contributed by atoms with Gasteiger partial charge in [-0.2, -0.15) is 13.2 Å². The Labute approximate surface area is 133 Å². The third-order valence-corrected chi connectivity index (χ3v) is 4.97. The Morgan fingerprint density at radius 2 is 2.00 bits per heavy atom. The Morgan fingerprint density at radius 1 is 1.26 bits per heavy atom. The highest BCUT2D eigenvalue weighted by molar-refractivity contribution is 7.92. The molecule has 0 radical (unpaired) electrons. The molecule has 0 spiro atoms. The molecule has 0 aromatic carbocycles. The van der Waals surface area contributed by atoms with Gasteiger partial charge in [-0.05, 0) is 12.1 Å². The largest absolute Gasteiger partial charge is 0.503 e. The highest BCUT2D eigenvalue weighted by Gasteiger charge is 2.49. The van der Waals surface area contributed by atoms with Gasteiger partial charge in [0.05, 0.1) is 10.6 Å². The molecule has 0 atom stereocenters. The van der Waals surface area contributed by atoms with Gasteiger partial charge in [0.25, 0.3) is 15.7 Å². The van der Waals surface area contributed by atoms with Gasteiger partial charge in [-0.3, -0.25) is 4.79 Å². The highest BCUT2D eigenvalue weighted by atomic mass is 32.2. The van der Waals surface area contributed by atoms with Crippen LogP contribution in [0.25, 0.3) is 0 Å². The summed E-state index contributed by atoms with van der Waals surface area (Å²) in [4.78, 5) is 19.2. The van der Waals surface area contributed by atoms with Crippen molar-refractivity contribution in [3.8, 4) is 0 Å². The van der Waals surface area contributed by atoms with Crippen LogP contribution >= 0.6 is 11.3 Å². The summed E-state index contributed by atoms with van der Waals surface area (Å²) in [5.41, 5.74) is -6.18. The standard InChI is InChI=1S/C12H10F3N3O3S2/c13-12(14,15)23(20,21)11-8(2-1-4-18-11)10(19)17-5-3-9-16-6-7-22-9/h1-2,4,6-7H,3,5H2,(H,17,19). The molecule has 11 heteroatoms. The maximum atomic E-state index is 12.6. The molecule has 2 rings (SSSR count). The number of hydrogen-bond donors (Lipinski definition) is 1. The molecule has 1 N–H and O–H groups in total. The van der Waals surface area contributed by atoms with Crippen LogP contribution in [0.2, 0.25) is 0 Å². The number of pyridine rings is 1. The number of thiazole rings is 1. The zero-order valence-corrected chi connectivity index (χ0v) is 13.0. The Bertz CT molecular complexity index is 789. The SMILES string of the molecule is O=C(NCCc1nccs1)c1cccnc1S(=O)(=O)C(F)(F)F. The third kappa shape index (κ3) is 3.85. The molecule has 0 bridgehead atoms. The second-order valence-corrected chi connectivity index (χ2v) is 7.07. The molecular weight excluding hydrogens is 355 g/mol. The van der Waals surface area contributed by atoms with Crippen molar-refractivity contribution < 1.29 is 26.4 Å². The monoisotopic (exact) mass is 365 g/mol. The number of nitrogens with one attached hydrogen (secondary N) is 1. The summed E-state index contributed by atoms with van der Waals surface area (Å²) in [6.07, 6.45) is 2.84. The van der Waals surface area contributed by atoms with Crippen LogP contribution < -0.4 is 5.32 Å². The minimum atomic E-state index is -5.70. The summed E-state index contributed by atoms with van der Waals surface area (Å²) in [6, 6.07) is 2.16.